The summed E-state index contributed by atoms with van der Waals surface area (Å²) in [6.07, 6.45) is 0. The lowest BCUT2D eigenvalue weighted by Gasteiger charge is -2.16. The number of hydrogen-bond acceptors (Lipinski definition) is 6. The Hall–Kier alpha value is -2.80. The number of halogens is 1. The predicted molar refractivity (Wildman–Crippen MR) is 109 cm³/mol. The molecule has 3 rings (SSSR count). The van der Waals surface area contributed by atoms with E-state index in [9.17, 15) is 0 Å². The van der Waals surface area contributed by atoms with E-state index in [2.05, 4.69) is 33.8 Å². The van der Waals surface area contributed by atoms with E-state index in [-0.39, 0.29) is 0 Å². The average molecular weight is 402 g/mol. The summed E-state index contributed by atoms with van der Waals surface area (Å²) in [6, 6.07) is 11.8. The summed E-state index contributed by atoms with van der Waals surface area (Å²) in [5.41, 5.74) is 3.18. The summed E-state index contributed by atoms with van der Waals surface area (Å²) in [5, 5.41) is 15.3. The number of nitrogens with one attached hydrogen (secondary N) is 1. The molecule has 148 valence electrons. The van der Waals surface area contributed by atoms with Gasteiger partial charge in [0.1, 0.15) is 6.61 Å². The Bertz CT molecular complexity index is 929. The maximum Gasteiger partial charge on any atom is 0.243 e. The summed E-state index contributed by atoms with van der Waals surface area (Å²) >= 11 is 6.49. The van der Waals surface area contributed by atoms with Gasteiger partial charge in [-0.3, -0.25) is 0 Å². The van der Waals surface area contributed by atoms with Gasteiger partial charge in [0.15, 0.2) is 11.5 Å². The number of anilines is 1. The van der Waals surface area contributed by atoms with Crippen molar-refractivity contribution in [3.8, 4) is 11.5 Å². The molecule has 0 aliphatic rings. The summed E-state index contributed by atoms with van der Waals surface area (Å²) < 4.78 is 13.5. The molecule has 7 nitrogen and oxygen atoms in total. The van der Waals surface area contributed by atoms with Gasteiger partial charge in [-0.1, -0.05) is 41.0 Å². The minimum atomic E-state index is 0.450. The van der Waals surface area contributed by atoms with Crippen LogP contribution in [0.15, 0.2) is 36.4 Å². The molecule has 28 heavy (non-hydrogen) atoms. The van der Waals surface area contributed by atoms with Crippen molar-refractivity contribution in [2.75, 3.05) is 11.9 Å². The van der Waals surface area contributed by atoms with E-state index < -0.39 is 0 Å². The van der Waals surface area contributed by atoms with Crippen molar-refractivity contribution in [2.24, 2.45) is 0 Å². The molecule has 0 unspecified atom stereocenters. The van der Waals surface area contributed by atoms with E-state index in [0.717, 1.165) is 11.1 Å². The fourth-order valence-electron chi connectivity index (χ4n) is 2.74. The second kappa shape index (κ2) is 9.41. The van der Waals surface area contributed by atoms with E-state index in [1.165, 1.54) is 5.56 Å². The first kappa shape index (κ1) is 19.9. The SMILES string of the molecule is CCOc1cc(CNc2nnnn2CC)c(Cl)cc1OCc1ccccc1C. The predicted octanol–water partition coefficient (Wildman–Crippen LogP) is 4.24. The standard InChI is InChI=1S/C20H24ClN5O2/c1-4-26-20(23-24-25-26)22-12-16-10-18(27-5-2)19(11-17(16)21)28-13-15-9-7-6-8-14(15)3/h6-11H,4-5,12-13H2,1-3H3,(H,22,23,25). The Kier molecular flexibility index (Phi) is 6.71. The van der Waals surface area contributed by atoms with Crippen molar-refractivity contribution in [1.82, 2.24) is 20.2 Å². The first-order valence-electron chi connectivity index (χ1n) is 9.24. The molecule has 0 aliphatic carbocycles. The summed E-state index contributed by atoms with van der Waals surface area (Å²) in [7, 11) is 0. The molecule has 0 amide bonds. The van der Waals surface area contributed by atoms with Crippen LogP contribution in [0.4, 0.5) is 5.95 Å². The number of nitrogens with zero attached hydrogens (tertiary/aromatic N) is 4. The van der Waals surface area contributed by atoms with Crippen LogP contribution < -0.4 is 14.8 Å². The molecule has 1 N–H and O–H groups in total. The molecule has 0 atom stereocenters. The van der Waals surface area contributed by atoms with Gasteiger partial charge in [-0.2, -0.15) is 0 Å². The summed E-state index contributed by atoms with van der Waals surface area (Å²) in [6.45, 7) is 8.11. The zero-order chi connectivity index (χ0) is 19.9. The Morgan fingerprint density at radius 1 is 1.07 bits per heavy atom. The van der Waals surface area contributed by atoms with E-state index in [1.54, 1.807) is 10.7 Å². The van der Waals surface area contributed by atoms with Crippen LogP contribution in [-0.2, 0) is 19.7 Å². The lowest BCUT2D eigenvalue weighted by molar-refractivity contribution is 0.268. The van der Waals surface area contributed by atoms with E-state index in [0.29, 0.717) is 48.8 Å². The third-order valence-electron chi connectivity index (χ3n) is 4.33. The minimum Gasteiger partial charge on any atom is -0.490 e. The monoisotopic (exact) mass is 401 g/mol. The van der Waals surface area contributed by atoms with Gasteiger partial charge in [0.2, 0.25) is 5.95 Å². The van der Waals surface area contributed by atoms with Gasteiger partial charge >= 0.3 is 0 Å². The second-order valence-electron chi connectivity index (χ2n) is 6.21. The highest BCUT2D eigenvalue weighted by Gasteiger charge is 2.13. The number of rotatable bonds is 9. The number of tetrazole rings is 1. The van der Waals surface area contributed by atoms with E-state index >= 15 is 0 Å². The largest absolute Gasteiger partial charge is 0.490 e. The van der Waals surface area contributed by atoms with Crippen LogP contribution in [0.25, 0.3) is 0 Å². The normalized spacial score (nSPS) is 10.7. The highest BCUT2D eigenvalue weighted by molar-refractivity contribution is 6.31. The number of aryl methyl sites for hydroxylation is 2. The third kappa shape index (κ3) is 4.72. The molecule has 0 fully saturated rings. The Morgan fingerprint density at radius 3 is 2.61 bits per heavy atom. The smallest absolute Gasteiger partial charge is 0.243 e. The van der Waals surface area contributed by atoms with Crippen molar-refractivity contribution < 1.29 is 9.47 Å². The lowest BCUT2D eigenvalue weighted by Crippen LogP contribution is -2.09. The quantitative estimate of drug-likeness (QED) is 0.578. The molecule has 0 saturated carbocycles. The van der Waals surface area contributed by atoms with Gasteiger partial charge in [0.05, 0.1) is 6.61 Å². The second-order valence-corrected chi connectivity index (χ2v) is 6.62. The Morgan fingerprint density at radius 2 is 1.86 bits per heavy atom. The molecule has 0 spiro atoms. The number of hydrogen-bond donors (Lipinski definition) is 1. The Labute approximate surface area is 169 Å². The van der Waals surface area contributed by atoms with Gasteiger partial charge in [-0.05, 0) is 54.0 Å². The van der Waals surface area contributed by atoms with Crippen molar-refractivity contribution in [1.29, 1.82) is 0 Å². The lowest BCUT2D eigenvalue weighted by atomic mass is 10.1. The van der Waals surface area contributed by atoms with Crippen LogP contribution in [0.5, 0.6) is 11.5 Å². The van der Waals surface area contributed by atoms with Gasteiger partial charge < -0.3 is 14.8 Å². The van der Waals surface area contributed by atoms with Gasteiger partial charge in [-0.25, -0.2) is 4.68 Å². The molecule has 2 aromatic carbocycles. The first-order valence-corrected chi connectivity index (χ1v) is 9.62. The highest BCUT2D eigenvalue weighted by atomic mass is 35.5. The molecule has 8 heteroatoms. The van der Waals surface area contributed by atoms with Crippen LogP contribution in [0.2, 0.25) is 5.02 Å². The van der Waals surface area contributed by atoms with Crippen LogP contribution in [-0.4, -0.2) is 26.8 Å². The molecular weight excluding hydrogens is 378 g/mol. The molecular formula is C20H24ClN5O2. The molecule has 3 aromatic rings. The van der Waals surface area contributed by atoms with Crippen LogP contribution in [0.3, 0.4) is 0 Å². The summed E-state index contributed by atoms with van der Waals surface area (Å²) in [4.78, 5) is 0. The maximum atomic E-state index is 6.49. The van der Waals surface area contributed by atoms with Crippen molar-refractivity contribution >= 4 is 17.5 Å². The molecule has 1 aromatic heterocycles. The van der Waals surface area contributed by atoms with E-state index in [1.807, 2.05) is 38.1 Å². The number of aromatic nitrogens is 4. The van der Waals surface area contributed by atoms with Gasteiger partial charge in [-0.15, -0.1) is 0 Å². The van der Waals surface area contributed by atoms with Crippen LogP contribution >= 0.6 is 11.6 Å². The molecule has 0 radical (unpaired) electrons. The number of ether oxygens (including phenoxy) is 2. The summed E-state index contributed by atoms with van der Waals surface area (Å²) in [5.74, 6) is 1.88. The zero-order valence-electron chi connectivity index (χ0n) is 16.3. The van der Waals surface area contributed by atoms with E-state index in [4.69, 9.17) is 21.1 Å². The Balaban J connectivity index is 1.76. The maximum absolute atomic E-state index is 6.49. The highest BCUT2D eigenvalue weighted by Crippen LogP contribution is 2.34. The molecule has 0 aliphatic heterocycles. The van der Waals surface area contributed by atoms with Gasteiger partial charge in [0.25, 0.3) is 0 Å². The molecule has 0 saturated heterocycles. The van der Waals surface area contributed by atoms with Gasteiger partial charge in [0, 0.05) is 24.2 Å². The van der Waals surface area contributed by atoms with Crippen LogP contribution in [0, 0.1) is 6.92 Å². The third-order valence-corrected chi connectivity index (χ3v) is 4.68. The average Bonchev–Trinajstić information content (AvgIpc) is 3.15. The van der Waals surface area contributed by atoms with Crippen molar-refractivity contribution in [2.45, 2.75) is 40.5 Å². The first-order chi connectivity index (χ1) is 13.6. The number of benzene rings is 2. The topological polar surface area (TPSA) is 74.1 Å². The van der Waals surface area contributed by atoms with Crippen molar-refractivity contribution in [3.05, 3.63) is 58.1 Å². The van der Waals surface area contributed by atoms with Crippen molar-refractivity contribution in [3.63, 3.8) is 0 Å². The molecule has 0 bridgehead atoms. The fourth-order valence-corrected chi connectivity index (χ4v) is 2.96. The molecule has 1 heterocycles. The minimum absolute atomic E-state index is 0.450. The fraction of sp³-hybridized carbons (Fsp3) is 0.350. The van der Waals surface area contributed by atoms with Crippen LogP contribution in [0.1, 0.15) is 30.5 Å². The zero-order valence-corrected chi connectivity index (χ0v) is 17.0.